The fourth-order valence-electron chi connectivity index (χ4n) is 15.8. The van der Waals surface area contributed by atoms with Gasteiger partial charge in [-0.2, -0.15) is 0 Å². The van der Waals surface area contributed by atoms with Crippen LogP contribution in [0.4, 0.5) is 0 Å². The lowest BCUT2D eigenvalue weighted by Crippen LogP contribution is -1.94. The second-order valence-electron chi connectivity index (χ2n) is 27.6. The first-order valence-electron chi connectivity index (χ1n) is 36.2. The number of nitrogens with zero attached hydrogens (tertiary/aromatic N) is 4. The van der Waals surface area contributed by atoms with Gasteiger partial charge in [0.1, 0.15) is 0 Å². The SMILES string of the molecule is c1ccc(-c2cc(-c3ccc(-c4cc5c(-c6ccc7ccccc7c6)cc(-c6ccc7ccccc7c6)nc5c5ccccc45)cc3)nc3ccccc23)cc1.c1ccc2cc(-c3cc(-c4ccc5ccccc5c4)c4cc(-c5ccc(-c6cnc7ccccc7c6)cc5)c5ccccc5c4n3)ccc2c1. The lowest BCUT2D eigenvalue weighted by Gasteiger charge is -2.16. The minimum Gasteiger partial charge on any atom is -0.256 e. The molecule has 0 fully saturated rings. The number of pyridine rings is 4. The third-order valence-corrected chi connectivity index (χ3v) is 21.3. The van der Waals surface area contributed by atoms with E-state index in [0.29, 0.717) is 0 Å². The van der Waals surface area contributed by atoms with Crippen LogP contribution in [0.2, 0.25) is 0 Å². The molecule has 492 valence electrons. The quantitative estimate of drug-likeness (QED) is 0.135. The monoisotopic (exact) mass is 1340 g/mol. The summed E-state index contributed by atoms with van der Waals surface area (Å²) in [5.74, 6) is 0. The minimum atomic E-state index is 0.960. The molecule has 106 heavy (non-hydrogen) atoms. The molecule has 0 N–H and O–H groups in total. The van der Waals surface area contributed by atoms with Crippen molar-refractivity contribution in [2.45, 2.75) is 0 Å². The molecule has 0 aliphatic rings. The Balaban J connectivity index is 0.000000141. The third-order valence-electron chi connectivity index (χ3n) is 21.3. The first kappa shape index (κ1) is 61.8. The summed E-state index contributed by atoms with van der Waals surface area (Å²) in [7, 11) is 0. The highest BCUT2D eigenvalue weighted by Gasteiger charge is 2.21. The Morgan fingerprint density at radius 3 is 0.943 bits per heavy atom. The Morgan fingerprint density at radius 2 is 0.462 bits per heavy atom. The second kappa shape index (κ2) is 26.1. The van der Waals surface area contributed by atoms with Crippen molar-refractivity contribution in [3.63, 3.8) is 0 Å². The molecule has 4 heteroatoms. The van der Waals surface area contributed by atoms with E-state index in [1.165, 1.54) is 104 Å². The van der Waals surface area contributed by atoms with Gasteiger partial charge in [-0.25, -0.2) is 15.0 Å². The molecule has 0 saturated heterocycles. The van der Waals surface area contributed by atoms with Crippen LogP contribution in [0.15, 0.2) is 388 Å². The summed E-state index contributed by atoms with van der Waals surface area (Å²) < 4.78 is 0. The Labute approximate surface area is 613 Å². The van der Waals surface area contributed by atoms with Gasteiger partial charge in [0.2, 0.25) is 0 Å². The van der Waals surface area contributed by atoms with E-state index in [1.807, 2.05) is 12.3 Å². The molecule has 0 saturated carbocycles. The van der Waals surface area contributed by atoms with Crippen molar-refractivity contribution in [1.29, 1.82) is 0 Å². The zero-order valence-corrected chi connectivity index (χ0v) is 57.7. The van der Waals surface area contributed by atoms with Crippen LogP contribution in [-0.4, -0.2) is 19.9 Å². The molecule has 0 aliphatic carbocycles. The summed E-state index contributed by atoms with van der Waals surface area (Å²) in [6.45, 7) is 0. The number of para-hydroxylation sites is 2. The van der Waals surface area contributed by atoms with E-state index in [9.17, 15) is 0 Å². The van der Waals surface area contributed by atoms with E-state index in [-0.39, 0.29) is 0 Å². The van der Waals surface area contributed by atoms with Crippen LogP contribution >= 0.6 is 0 Å². The van der Waals surface area contributed by atoms with Gasteiger partial charge in [-0.05, 0) is 188 Å². The largest absolute Gasteiger partial charge is 0.256 e. The summed E-state index contributed by atoms with van der Waals surface area (Å²) in [5, 5.41) is 19.0. The highest BCUT2D eigenvalue weighted by atomic mass is 14.7. The molecule has 17 aromatic carbocycles. The van der Waals surface area contributed by atoms with Crippen molar-refractivity contribution in [2.24, 2.45) is 0 Å². The van der Waals surface area contributed by atoms with Crippen LogP contribution in [0.1, 0.15) is 0 Å². The average Bonchev–Trinajstić information content (AvgIpc) is 0.767. The standard InChI is InChI=1S/C54H34N2.C48H30N2/c1-2-14-37(15-3-1)48-33-52(55-51-21-11-10-19-45(48)51)39-26-24-38(25-27-39)47-32-50-49(42-28-22-35-12-4-6-16-40(35)30-42)34-53(56-54(50)46-20-9-8-18-44(46)47)43-29-23-36-13-5-7-17-41(36)31-43;1-3-11-35-25-37(23-19-31(35)9-1)44-29-47(39-24-20-32-10-2-4-12-36(32)26-39)50-48-42-15-7-6-14-41(42)43(28-45(44)48)34-21-17-33(18-22-34)40-27-38-13-5-8-16-46(38)49-30-40/h1-34H;1-30H. The van der Waals surface area contributed by atoms with Crippen molar-refractivity contribution < 1.29 is 0 Å². The molecule has 4 nitrogen and oxygen atoms in total. The lowest BCUT2D eigenvalue weighted by molar-refractivity contribution is 1.40. The molecule has 21 aromatic rings. The Kier molecular flexibility index (Phi) is 15.2. The summed E-state index contributed by atoms with van der Waals surface area (Å²) >= 11 is 0. The Hall–Kier alpha value is -14.1. The first-order valence-corrected chi connectivity index (χ1v) is 36.2. The smallest absolute Gasteiger partial charge is 0.0794 e. The maximum atomic E-state index is 5.47. The number of fused-ring (bicyclic) bond motifs is 12. The molecule has 0 spiro atoms. The Bertz CT molecular complexity index is 7060. The van der Waals surface area contributed by atoms with Gasteiger partial charge in [0.15, 0.2) is 0 Å². The van der Waals surface area contributed by atoms with Crippen LogP contribution in [0, 0.1) is 0 Å². The molecule has 4 aromatic heterocycles. The highest BCUT2D eigenvalue weighted by Crippen LogP contribution is 2.45. The zero-order valence-electron chi connectivity index (χ0n) is 57.7. The normalized spacial score (nSPS) is 11.6. The molecular formula is C102H64N4. The first-order chi connectivity index (χ1) is 52.5. The highest BCUT2D eigenvalue weighted by molar-refractivity contribution is 6.18. The summed E-state index contributed by atoms with van der Waals surface area (Å²) in [4.78, 5) is 20.7. The van der Waals surface area contributed by atoms with Crippen molar-refractivity contribution in [2.75, 3.05) is 0 Å². The molecule has 0 amide bonds. The Morgan fingerprint density at radius 1 is 0.151 bits per heavy atom. The van der Waals surface area contributed by atoms with E-state index in [0.717, 1.165) is 105 Å². The van der Waals surface area contributed by atoms with Crippen LogP contribution in [-0.2, 0) is 0 Å². The molecule has 21 rings (SSSR count). The van der Waals surface area contributed by atoms with Gasteiger partial charge in [0.25, 0.3) is 0 Å². The molecular weight excluding hydrogens is 1280 g/mol. The summed E-state index contributed by atoms with van der Waals surface area (Å²) in [6.07, 6.45) is 1.97. The molecule has 0 unspecified atom stereocenters. The van der Waals surface area contributed by atoms with Gasteiger partial charge >= 0.3 is 0 Å². The number of rotatable bonds is 9. The van der Waals surface area contributed by atoms with Gasteiger partial charge in [0.05, 0.1) is 39.1 Å². The van der Waals surface area contributed by atoms with E-state index in [2.05, 4.69) is 376 Å². The molecule has 0 radical (unpaired) electrons. The van der Waals surface area contributed by atoms with Crippen LogP contribution in [0.3, 0.4) is 0 Å². The van der Waals surface area contributed by atoms with E-state index >= 15 is 0 Å². The van der Waals surface area contributed by atoms with Crippen molar-refractivity contribution in [3.8, 4) is 101 Å². The molecule has 0 bridgehead atoms. The molecule has 4 heterocycles. The van der Waals surface area contributed by atoms with Crippen molar-refractivity contribution >= 4 is 108 Å². The van der Waals surface area contributed by atoms with E-state index in [4.69, 9.17) is 19.9 Å². The summed E-state index contributed by atoms with van der Waals surface area (Å²) in [6, 6.07) is 137. The number of hydrogen-bond donors (Lipinski definition) is 0. The second-order valence-corrected chi connectivity index (χ2v) is 27.6. The summed E-state index contributed by atoms with van der Waals surface area (Å²) in [5.41, 5.74) is 24.2. The van der Waals surface area contributed by atoms with Gasteiger partial charge in [-0.3, -0.25) is 4.98 Å². The van der Waals surface area contributed by atoms with Gasteiger partial charge in [-0.15, -0.1) is 0 Å². The third kappa shape index (κ3) is 11.3. The van der Waals surface area contributed by atoms with Crippen LogP contribution in [0.25, 0.3) is 209 Å². The van der Waals surface area contributed by atoms with Crippen LogP contribution in [0.5, 0.6) is 0 Å². The maximum Gasteiger partial charge on any atom is 0.0794 e. The van der Waals surface area contributed by atoms with Gasteiger partial charge < -0.3 is 0 Å². The lowest BCUT2D eigenvalue weighted by atomic mass is 9.90. The number of hydrogen-bond acceptors (Lipinski definition) is 4. The fraction of sp³-hybridized carbons (Fsp3) is 0. The number of aromatic nitrogens is 4. The molecule has 0 atom stereocenters. The fourth-order valence-corrected chi connectivity index (χ4v) is 15.8. The average molecular weight is 1350 g/mol. The zero-order chi connectivity index (χ0) is 70.0. The predicted octanol–water partition coefficient (Wildman–Crippen LogP) is 27.5. The van der Waals surface area contributed by atoms with Crippen LogP contribution < -0.4 is 0 Å². The molecule has 0 aliphatic heterocycles. The van der Waals surface area contributed by atoms with Crippen molar-refractivity contribution in [3.05, 3.63) is 388 Å². The minimum absolute atomic E-state index is 0.960. The maximum absolute atomic E-state index is 5.47. The number of benzene rings is 17. The van der Waals surface area contributed by atoms with Gasteiger partial charge in [0, 0.05) is 60.8 Å². The van der Waals surface area contributed by atoms with E-state index < -0.39 is 0 Å². The predicted molar refractivity (Wildman–Crippen MR) is 448 cm³/mol. The van der Waals surface area contributed by atoms with Crippen molar-refractivity contribution in [1.82, 2.24) is 19.9 Å². The van der Waals surface area contributed by atoms with Gasteiger partial charge in [-0.1, -0.05) is 309 Å². The van der Waals surface area contributed by atoms with E-state index in [1.54, 1.807) is 0 Å². The topological polar surface area (TPSA) is 51.6 Å².